The third-order valence-electron chi connectivity index (χ3n) is 4.97. The number of carbonyl (C=O) groups excluding carboxylic acids is 2. The molecule has 2 aromatic heterocycles. The Labute approximate surface area is 195 Å². The third kappa shape index (κ3) is 6.18. The number of nitrogens with one attached hydrogen (secondary N) is 2. The van der Waals surface area contributed by atoms with Gasteiger partial charge in [-0.3, -0.25) is 29.8 Å². The van der Waals surface area contributed by atoms with Crippen LogP contribution in [-0.2, 0) is 11.3 Å². The lowest BCUT2D eigenvalue weighted by molar-refractivity contribution is -0.119. The minimum Gasteiger partial charge on any atom is -0.304 e. The van der Waals surface area contributed by atoms with Gasteiger partial charge in [-0.1, -0.05) is 43.8 Å². The van der Waals surface area contributed by atoms with Gasteiger partial charge in [-0.15, -0.1) is 11.3 Å². The van der Waals surface area contributed by atoms with Crippen molar-refractivity contribution in [3.8, 4) is 0 Å². The average Bonchev–Trinajstić information content (AvgIpc) is 3.35. The molecule has 0 spiro atoms. The Morgan fingerprint density at radius 2 is 1.91 bits per heavy atom. The molecule has 0 fully saturated rings. The van der Waals surface area contributed by atoms with Crippen LogP contribution in [0.3, 0.4) is 0 Å². The number of fused-ring (bicyclic) bond motifs is 1. The van der Waals surface area contributed by atoms with Crippen molar-refractivity contribution in [1.82, 2.24) is 25.3 Å². The molecule has 0 radical (unpaired) electrons. The van der Waals surface area contributed by atoms with Crippen molar-refractivity contribution in [3.05, 3.63) is 57.0 Å². The highest BCUT2D eigenvalue weighted by Gasteiger charge is 2.14. The lowest BCUT2D eigenvalue weighted by Gasteiger charge is -2.19. The van der Waals surface area contributed by atoms with Gasteiger partial charge in [0.15, 0.2) is 5.16 Å². The Bertz CT molecular complexity index is 1110. The number of rotatable bonds is 10. The molecule has 8 nitrogen and oxygen atoms in total. The fraction of sp³-hybridized carbons (Fsp3) is 0.364. The van der Waals surface area contributed by atoms with Crippen LogP contribution < -0.4 is 16.4 Å². The van der Waals surface area contributed by atoms with Gasteiger partial charge in [0, 0.05) is 6.54 Å². The maximum absolute atomic E-state index is 13.1. The largest absolute Gasteiger partial charge is 0.304 e. The molecule has 0 unspecified atom stereocenters. The zero-order chi connectivity index (χ0) is 22.9. The normalized spacial score (nSPS) is 11.1. The molecular weight excluding hydrogens is 446 g/mol. The monoisotopic (exact) mass is 473 g/mol. The van der Waals surface area contributed by atoms with Crippen molar-refractivity contribution in [1.29, 1.82) is 0 Å². The van der Waals surface area contributed by atoms with Gasteiger partial charge in [0.1, 0.15) is 0 Å². The van der Waals surface area contributed by atoms with Gasteiger partial charge in [-0.2, -0.15) is 0 Å². The van der Waals surface area contributed by atoms with Crippen LogP contribution in [-0.4, -0.2) is 51.7 Å². The molecule has 2 N–H and O–H groups in total. The highest BCUT2D eigenvalue weighted by atomic mass is 32.2. The van der Waals surface area contributed by atoms with E-state index in [1.54, 1.807) is 34.2 Å². The molecule has 0 aliphatic rings. The second kappa shape index (κ2) is 11.8. The highest BCUT2D eigenvalue weighted by molar-refractivity contribution is 7.99. The second-order valence-corrected chi connectivity index (χ2v) is 8.91. The molecule has 170 valence electrons. The van der Waals surface area contributed by atoms with Crippen LogP contribution in [0, 0.1) is 0 Å². The molecule has 2 heterocycles. The molecule has 32 heavy (non-hydrogen) atoms. The molecule has 3 aromatic rings. The van der Waals surface area contributed by atoms with E-state index < -0.39 is 0 Å². The number of hydrogen-bond donors (Lipinski definition) is 2. The van der Waals surface area contributed by atoms with E-state index >= 15 is 0 Å². The number of thiophene rings is 1. The predicted octanol–water partition coefficient (Wildman–Crippen LogP) is 2.74. The van der Waals surface area contributed by atoms with Crippen LogP contribution in [0.4, 0.5) is 0 Å². The Hall–Kier alpha value is -2.69. The summed E-state index contributed by atoms with van der Waals surface area (Å²) in [6.45, 7) is 7.55. The molecule has 3 rings (SSSR count). The number of nitrogens with zero attached hydrogens (tertiary/aromatic N) is 3. The summed E-state index contributed by atoms with van der Waals surface area (Å²) < 4.78 is 1.65. The topological polar surface area (TPSA) is 96.3 Å². The number of para-hydroxylation sites is 1. The van der Waals surface area contributed by atoms with Crippen LogP contribution in [0.25, 0.3) is 10.9 Å². The van der Waals surface area contributed by atoms with E-state index in [1.807, 2.05) is 12.1 Å². The van der Waals surface area contributed by atoms with E-state index in [0.29, 0.717) is 27.5 Å². The predicted molar refractivity (Wildman–Crippen MR) is 129 cm³/mol. The number of amides is 2. The van der Waals surface area contributed by atoms with Crippen molar-refractivity contribution in [2.24, 2.45) is 0 Å². The van der Waals surface area contributed by atoms with Gasteiger partial charge >= 0.3 is 0 Å². The maximum Gasteiger partial charge on any atom is 0.279 e. The number of aromatic nitrogens is 2. The number of hydrogen-bond acceptors (Lipinski definition) is 7. The van der Waals surface area contributed by atoms with Crippen molar-refractivity contribution in [2.45, 2.75) is 32.0 Å². The van der Waals surface area contributed by atoms with E-state index in [0.717, 1.165) is 26.1 Å². The van der Waals surface area contributed by atoms with Crippen LogP contribution in [0.15, 0.2) is 51.7 Å². The number of carbonyl (C=O) groups is 2. The first-order valence-corrected chi connectivity index (χ1v) is 12.4. The molecule has 0 saturated heterocycles. The fourth-order valence-corrected chi connectivity index (χ4v) is 4.65. The molecule has 0 atom stereocenters. The van der Waals surface area contributed by atoms with Gasteiger partial charge in [-0.05, 0) is 49.6 Å². The third-order valence-corrected chi connectivity index (χ3v) is 6.81. The number of thioether (sulfide) groups is 1. The van der Waals surface area contributed by atoms with E-state index in [-0.39, 0.29) is 23.1 Å². The summed E-state index contributed by atoms with van der Waals surface area (Å²) in [7, 11) is 0. The van der Waals surface area contributed by atoms with E-state index in [1.165, 1.54) is 23.1 Å². The molecule has 0 bridgehead atoms. The minimum absolute atomic E-state index is 0.0194. The van der Waals surface area contributed by atoms with Crippen LogP contribution in [0.1, 0.15) is 29.9 Å². The Morgan fingerprint density at radius 1 is 1.12 bits per heavy atom. The summed E-state index contributed by atoms with van der Waals surface area (Å²) in [4.78, 5) is 44.8. The zero-order valence-electron chi connectivity index (χ0n) is 18.2. The molecule has 10 heteroatoms. The summed E-state index contributed by atoms with van der Waals surface area (Å²) >= 11 is 2.47. The van der Waals surface area contributed by atoms with E-state index in [9.17, 15) is 14.4 Å². The second-order valence-electron chi connectivity index (χ2n) is 7.02. The van der Waals surface area contributed by atoms with Crippen LogP contribution in [0.5, 0.6) is 0 Å². The van der Waals surface area contributed by atoms with E-state index in [2.05, 4.69) is 34.6 Å². The lowest BCUT2D eigenvalue weighted by Crippen LogP contribution is -2.42. The first kappa shape index (κ1) is 24.0. The molecular formula is C22H27N5O3S2. The van der Waals surface area contributed by atoms with Crippen LogP contribution in [0.2, 0.25) is 0 Å². The van der Waals surface area contributed by atoms with E-state index in [4.69, 9.17) is 0 Å². The van der Waals surface area contributed by atoms with Crippen molar-refractivity contribution >= 4 is 45.8 Å². The van der Waals surface area contributed by atoms with Gasteiger partial charge in [0.2, 0.25) is 5.91 Å². The quantitative estimate of drug-likeness (QED) is 0.267. The molecule has 2 amide bonds. The number of benzene rings is 1. The standard InChI is InChI=1S/C22H27N5O3S2/c1-3-26(4-2)12-8-13-27-21(30)16-9-5-6-10-17(16)23-22(27)32-15-19(28)24-25-20(29)18-11-7-14-31-18/h5-7,9-11,14H,3-4,8,12-13,15H2,1-2H3,(H,24,28)(H,25,29). The summed E-state index contributed by atoms with van der Waals surface area (Å²) in [6, 6.07) is 10.7. The number of hydrazine groups is 1. The average molecular weight is 474 g/mol. The van der Waals surface area contributed by atoms with Gasteiger partial charge in [0.05, 0.1) is 21.5 Å². The summed E-state index contributed by atoms with van der Waals surface area (Å²) in [6.07, 6.45) is 0.804. The zero-order valence-corrected chi connectivity index (χ0v) is 19.8. The van der Waals surface area contributed by atoms with Gasteiger partial charge in [-0.25, -0.2) is 4.98 Å². The molecule has 0 aliphatic carbocycles. The highest BCUT2D eigenvalue weighted by Crippen LogP contribution is 2.18. The molecule has 1 aromatic carbocycles. The summed E-state index contributed by atoms with van der Waals surface area (Å²) in [5.41, 5.74) is 5.31. The minimum atomic E-state index is -0.378. The SMILES string of the molecule is CCN(CC)CCCn1c(SCC(=O)NNC(=O)c2cccs2)nc2ccccc2c1=O. The van der Waals surface area contributed by atoms with Crippen molar-refractivity contribution in [2.75, 3.05) is 25.4 Å². The maximum atomic E-state index is 13.1. The fourth-order valence-electron chi connectivity index (χ4n) is 3.21. The van der Waals surface area contributed by atoms with Crippen LogP contribution >= 0.6 is 23.1 Å². The molecule has 0 saturated carbocycles. The van der Waals surface area contributed by atoms with Gasteiger partial charge < -0.3 is 4.90 Å². The summed E-state index contributed by atoms with van der Waals surface area (Å²) in [5, 5.41) is 2.85. The first-order valence-electron chi connectivity index (χ1n) is 10.5. The lowest BCUT2D eigenvalue weighted by atomic mass is 10.2. The Balaban J connectivity index is 1.68. The van der Waals surface area contributed by atoms with Gasteiger partial charge in [0.25, 0.3) is 11.5 Å². The van der Waals surface area contributed by atoms with Crippen molar-refractivity contribution < 1.29 is 9.59 Å². The Morgan fingerprint density at radius 3 is 2.62 bits per heavy atom. The van der Waals surface area contributed by atoms with Crippen molar-refractivity contribution in [3.63, 3.8) is 0 Å². The first-order chi connectivity index (χ1) is 15.5. The summed E-state index contributed by atoms with van der Waals surface area (Å²) in [5.74, 6) is -0.724. The Kier molecular flexibility index (Phi) is 8.83. The molecule has 0 aliphatic heterocycles. The smallest absolute Gasteiger partial charge is 0.279 e.